The summed E-state index contributed by atoms with van der Waals surface area (Å²) in [6, 6.07) is 1.43. The molecule has 0 spiro atoms. The molecule has 7 nitrogen and oxygen atoms in total. The number of carbonyl (C=O) groups is 2. The first-order valence-corrected chi connectivity index (χ1v) is 6.91. The largest absolute Gasteiger partial charge is 0.471 e. The number of nitrogens with two attached hydrogens (primary N) is 1. The van der Waals surface area contributed by atoms with Crippen molar-refractivity contribution in [2.75, 3.05) is 13.1 Å². The maximum Gasteiger partial charge on any atom is 0.407 e. The number of primary amides is 1. The Bertz CT molecular complexity index is 571. The summed E-state index contributed by atoms with van der Waals surface area (Å²) in [6.07, 6.45) is -1.96. The van der Waals surface area contributed by atoms with Gasteiger partial charge in [-0.15, -0.1) is 0 Å². The van der Waals surface area contributed by atoms with Crippen molar-refractivity contribution in [3.63, 3.8) is 0 Å². The number of amides is 2. The maximum atomic E-state index is 14.0. The molecule has 0 unspecified atom stereocenters. The van der Waals surface area contributed by atoms with Crippen LogP contribution in [0.3, 0.4) is 0 Å². The maximum absolute atomic E-state index is 14.0. The van der Waals surface area contributed by atoms with Gasteiger partial charge in [-0.05, 0) is 22.0 Å². The van der Waals surface area contributed by atoms with Gasteiger partial charge in [-0.25, -0.2) is 14.2 Å². The molecule has 1 saturated heterocycles. The Balaban J connectivity index is 2.12. The Hall–Kier alpha value is -1.90. The molecule has 114 valence electrons. The lowest BCUT2D eigenvalue weighted by atomic mass is 10.1. The van der Waals surface area contributed by atoms with Gasteiger partial charge in [0.1, 0.15) is 11.7 Å². The van der Waals surface area contributed by atoms with Crippen molar-refractivity contribution in [2.45, 2.75) is 18.7 Å². The highest BCUT2D eigenvalue weighted by atomic mass is 79.9. The Morgan fingerprint density at radius 3 is 2.86 bits per heavy atom. The van der Waals surface area contributed by atoms with Crippen LogP contribution in [0.5, 0.6) is 5.88 Å². The van der Waals surface area contributed by atoms with Crippen molar-refractivity contribution < 1.29 is 23.8 Å². The molecule has 1 aromatic rings. The quantitative estimate of drug-likeness (QED) is 0.846. The number of piperidine rings is 1. The number of aromatic nitrogens is 1. The van der Waals surface area contributed by atoms with Gasteiger partial charge in [0.2, 0.25) is 5.88 Å². The summed E-state index contributed by atoms with van der Waals surface area (Å²) in [7, 11) is 0. The van der Waals surface area contributed by atoms with Gasteiger partial charge in [-0.2, -0.15) is 0 Å². The van der Waals surface area contributed by atoms with E-state index >= 15 is 0 Å². The van der Waals surface area contributed by atoms with Gasteiger partial charge in [0.05, 0.1) is 6.54 Å². The third-order valence-electron chi connectivity index (χ3n) is 3.10. The predicted octanol–water partition coefficient (Wildman–Crippen LogP) is 1.41. The highest BCUT2D eigenvalue weighted by Gasteiger charge is 2.33. The molecule has 1 aliphatic heterocycles. The third kappa shape index (κ3) is 3.60. The molecule has 2 rings (SSSR count). The molecule has 0 aromatic carbocycles. The lowest BCUT2D eigenvalue weighted by Crippen LogP contribution is -2.49. The van der Waals surface area contributed by atoms with Crippen LogP contribution >= 0.6 is 15.9 Å². The number of alkyl halides is 1. The van der Waals surface area contributed by atoms with Crippen molar-refractivity contribution in [2.24, 2.45) is 5.73 Å². The summed E-state index contributed by atoms with van der Waals surface area (Å²) in [6.45, 7) is -0.120. The second-order valence-corrected chi connectivity index (χ2v) is 5.48. The fraction of sp³-hybridized carbons (Fsp3) is 0.417. The minimum atomic E-state index is -1.50. The third-order valence-corrected chi connectivity index (χ3v) is 3.53. The number of carbonyl (C=O) groups excluding carboxylic acids is 1. The predicted molar refractivity (Wildman–Crippen MR) is 74.0 cm³/mol. The van der Waals surface area contributed by atoms with Crippen molar-refractivity contribution in [3.8, 4) is 5.88 Å². The summed E-state index contributed by atoms with van der Waals surface area (Å²) in [4.78, 5) is 27.0. The summed E-state index contributed by atoms with van der Waals surface area (Å²) < 4.78 is 19.9. The molecule has 1 fully saturated rings. The minimum absolute atomic E-state index is 0.0391. The van der Waals surface area contributed by atoms with Crippen molar-refractivity contribution in [3.05, 3.63) is 22.3 Å². The van der Waals surface area contributed by atoms with Crippen LogP contribution in [0.4, 0.5) is 9.18 Å². The van der Waals surface area contributed by atoms with Crippen molar-refractivity contribution >= 4 is 27.9 Å². The Morgan fingerprint density at radius 2 is 2.29 bits per heavy atom. The van der Waals surface area contributed by atoms with Crippen LogP contribution in [0.1, 0.15) is 16.8 Å². The average Bonchev–Trinajstić information content (AvgIpc) is 2.42. The van der Waals surface area contributed by atoms with Crippen LogP contribution < -0.4 is 10.5 Å². The van der Waals surface area contributed by atoms with Crippen molar-refractivity contribution in [1.29, 1.82) is 0 Å². The lowest BCUT2D eigenvalue weighted by molar-refractivity contribution is 0.0222. The van der Waals surface area contributed by atoms with E-state index < -0.39 is 24.3 Å². The van der Waals surface area contributed by atoms with Crippen LogP contribution in [-0.2, 0) is 0 Å². The van der Waals surface area contributed by atoms with Crippen LogP contribution in [0.2, 0.25) is 0 Å². The van der Waals surface area contributed by atoms with E-state index in [1.54, 1.807) is 0 Å². The van der Waals surface area contributed by atoms with E-state index in [9.17, 15) is 14.0 Å². The molecule has 0 bridgehead atoms. The van der Waals surface area contributed by atoms with E-state index in [-0.39, 0.29) is 31.0 Å². The van der Waals surface area contributed by atoms with Gasteiger partial charge >= 0.3 is 6.09 Å². The molecule has 1 aromatic heterocycles. The molecular formula is C12H13BrFN3O4. The monoisotopic (exact) mass is 361 g/mol. The number of ether oxygens (including phenoxy) is 1. The fourth-order valence-electron chi connectivity index (χ4n) is 2.03. The topological polar surface area (TPSA) is 106 Å². The van der Waals surface area contributed by atoms with Gasteiger partial charge < -0.3 is 20.5 Å². The molecule has 2 atom stereocenters. The number of hydrogen-bond donors (Lipinski definition) is 2. The fourth-order valence-corrected chi connectivity index (χ4v) is 2.36. The number of carboxylic acid groups (broad SMARTS) is 1. The number of rotatable bonds is 3. The van der Waals surface area contributed by atoms with Gasteiger partial charge in [-0.3, -0.25) is 4.79 Å². The molecular weight excluding hydrogens is 349 g/mol. The van der Waals surface area contributed by atoms with Gasteiger partial charge in [0.25, 0.3) is 5.91 Å². The van der Waals surface area contributed by atoms with E-state index in [1.807, 2.05) is 0 Å². The highest BCUT2D eigenvalue weighted by Crippen LogP contribution is 2.24. The summed E-state index contributed by atoms with van der Waals surface area (Å²) >= 11 is 3.15. The van der Waals surface area contributed by atoms with Crippen LogP contribution in [-0.4, -0.2) is 52.4 Å². The lowest BCUT2D eigenvalue weighted by Gasteiger charge is -2.32. The number of hydrogen-bond acceptors (Lipinski definition) is 4. The molecule has 0 saturated carbocycles. The molecule has 9 heteroatoms. The van der Waals surface area contributed by atoms with E-state index in [0.717, 1.165) is 4.90 Å². The molecule has 21 heavy (non-hydrogen) atoms. The first-order valence-electron chi connectivity index (χ1n) is 6.12. The molecule has 3 N–H and O–H groups in total. The van der Waals surface area contributed by atoms with Crippen LogP contribution in [0.25, 0.3) is 0 Å². The average molecular weight is 362 g/mol. The van der Waals surface area contributed by atoms with E-state index in [4.69, 9.17) is 15.6 Å². The summed E-state index contributed by atoms with van der Waals surface area (Å²) in [5, 5.41) is 8.82. The molecule has 2 amide bonds. The minimum Gasteiger partial charge on any atom is -0.471 e. The first kappa shape index (κ1) is 15.5. The summed E-state index contributed by atoms with van der Waals surface area (Å²) in [5.41, 5.74) is 5.26. The zero-order valence-corrected chi connectivity index (χ0v) is 12.4. The molecule has 2 heterocycles. The Morgan fingerprint density at radius 1 is 1.57 bits per heavy atom. The number of halogens is 2. The van der Waals surface area contributed by atoms with Crippen molar-refractivity contribution in [1.82, 2.24) is 9.88 Å². The number of nitrogens with zero attached hydrogens (tertiary/aromatic N) is 2. The Kier molecular flexibility index (Phi) is 4.61. The molecule has 1 aliphatic rings. The smallest absolute Gasteiger partial charge is 0.407 e. The highest BCUT2D eigenvalue weighted by molar-refractivity contribution is 9.10. The van der Waals surface area contributed by atoms with E-state index in [0.29, 0.717) is 4.47 Å². The van der Waals surface area contributed by atoms with E-state index in [1.165, 1.54) is 12.3 Å². The van der Waals surface area contributed by atoms with Crippen LogP contribution in [0, 0.1) is 0 Å². The SMILES string of the molecule is NC(=O)c1cc(Br)cnc1O[C@H]1CCN(C(=O)O)C[C@H]1F. The Labute approximate surface area is 128 Å². The normalized spacial score (nSPS) is 21.9. The van der Waals surface area contributed by atoms with Gasteiger partial charge in [0.15, 0.2) is 6.17 Å². The van der Waals surface area contributed by atoms with Gasteiger partial charge in [0, 0.05) is 23.6 Å². The van der Waals surface area contributed by atoms with E-state index in [2.05, 4.69) is 20.9 Å². The number of pyridine rings is 1. The second-order valence-electron chi connectivity index (χ2n) is 4.56. The first-order chi connectivity index (χ1) is 9.88. The second kappa shape index (κ2) is 6.25. The standard InChI is InChI=1S/C12H13BrFN3O4/c13-6-3-7(10(15)18)11(16-4-6)21-9-1-2-17(12(19)20)5-8(9)14/h3-4,8-9H,1-2,5H2,(H2,15,18)(H,19,20)/t8-,9+/m1/s1. The van der Waals surface area contributed by atoms with Gasteiger partial charge in [-0.1, -0.05) is 0 Å². The zero-order chi connectivity index (χ0) is 15.6. The zero-order valence-electron chi connectivity index (χ0n) is 10.8. The number of likely N-dealkylation sites (tertiary alicyclic amines) is 1. The summed E-state index contributed by atoms with van der Waals surface area (Å²) in [5.74, 6) is -0.792. The molecule has 0 radical (unpaired) electrons. The molecule has 0 aliphatic carbocycles. The van der Waals surface area contributed by atoms with Crippen LogP contribution in [0.15, 0.2) is 16.7 Å².